The first-order valence-corrected chi connectivity index (χ1v) is 13.6. The zero-order valence-electron chi connectivity index (χ0n) is 21.9. The van der Waals surface area contributed by atoms with Crippen molar-refractivity contribution in [1.29, 1.82) is 0 Å². The summed E-state index contributed by atoms with van der Waals surface area (Å²) in [7, 11) is 2.14. The minimum absolute atomic E-state index is 0.122. The molecule has 0 unspecified atom stereocenters. The van der Waals surface area contributed by atoms with E-state index in [0.29, 0.717) is 6.54 Å². The Hall–Kier alpha value is -4.07. The first kappa shape index (κ1) is 25.2. The Balaban J connectivity index is 0.000000258. The number of pyridine rings is 1. The number of aromatic amines is 1. The van der Waals surface area contributed by atoms with Crippen LogP contribution in [-0.2, 0) is 6.42 Å². The number of rotatable bonds is 2. The van der Waals surface area contributed by atoms with Crippen molar-refractivity contribution in [2.45, 2.75) is 6.42 Å². The third-order valence-electron chi connectivity index (χ3n) is 7.45. The van der Waals surface area contributed by atoms with Crippen molar-refractivity contribution in [2.24, 2.45) is 0 Å². The van der Waals surface area contributed by atoms with Crippen molar-refractivity contribution in [3.63, 3.8) is 0 Å². The first-order chi connectivity index (χ1) is 19.0. The number of urea groups is 1. The van der Waals surface area contributed by atoms with Crippen LogP contribution in [0.2, 0.25) is 5.02 Å². The van der Waals surface area contributed by atoms with Crippen molar-refractivity contribution in [2.75, 3.05) is 54.9 Å². The van der Waals surface area contributed by atoms with E-state index >= 15 is 0 Å². The highest BCUT2D eigenvalue weighted by Gasteiger charge is 2.28. The molecule has 2 N–H and O–H groups in total. The van der Waals surface area contributed by atoms with Gasteiger partial charge < -0.3 is 20.1 Å². The molecule has 1 fully saturated rings. The number of aromatic nitrogens is 2. The van der Waals surface area contributed by atoms with Crippen LogP contribution in [0.25, 0.3) is 21.8 Å². The Morgan fingerprint density at radius 2 is 1.72 bits per heavy atom. The number of hydrogen-bond acceptors (Lipinski definition) is 4. The van der Waals surface area contributed by atoms with E-state index in [1.807, 2.05) is 59.6 Å². The van der Waals surface area contributed by atoms with Gasteiger partial charge in [0.15, 0.2) is 0 Å². The van der Waals surface area contributed by atoms with Crippen LogP contribution in [0.15, 0.2) is 85.2 Å². The molecule has 0 aliphatic carbocycles. The Bertz CT molecular complexity index is 1590. The van der Waals surface area contributed by atoms with E-state index in [-0.39, 0.29) is 6.03 Å². The highest BCUT2D eigenvalue weighted by Crippen LogP contribution is 2.38. The second-order valence-electron chi connectivity index (χ2n) is 10.0. The maximum Gasteiger partial charge on any atom is 0.326 e. The van der Waals surface area contributed by atoms with Crippen molar-refractivity contribution < 1.29 is 4.79 Å². The number of benzene rings is 3. The molecule has 1 saturated heterocycles. The zero-order chi connectivity index (χ0) is 26.8. The molecule has 0 atom stereocenters. The molecule has 0 bridgehead atoms. The molecule has 39 heavy (non-hydrogen) atoms. The molecule has 0 saturated carbocycles. The Morgan fingerprint density at radius 1 is 0.897 bits per heavy atom. The number of nitrogens with zero attached hydrogens (tertiary/aromatic N) is 4. The van der Waals surface area contributed by atoms with Crippen LogP contribution >= 0.6 is 11.6 Å². The molecule has 2 amide bonds. The maximum atomic E-state index is 13.1. The number of nitrogens with one attached hydrogen (secondary N) is 2. The summed E-state index contributed by atoms with van der Waals surface area (Å²) in [6.45, 7) is 4.54. The number of fused-ring (bicyclic) bond motifs is 3. The second-order valence-corrected chi connectivity index (χ2v) is 10.4. The summed E-state index contributed by atoms with van der Waals surface area (Å²) in [4.78, 5) is 27.0. The molecule has 7 rings (SSSR count). The van der Waals surface area contributed by atoms with Gasteiger partial charge in [0.25, 0.3) is 0 Å². The summed E-state index contributed by atoms with van der Waals surface area (Å²) in [6, 6.07) is 23.9. The number of halogens is 1. The molecule has 2 aromatic heterocycles. The quantitative estimate of drug-likeness (QED) is 0.273. The maximum absolute atomic E-state index is 13.1. The molecular formula is C31H31ClN6O. The molecule has 198 valence electrons. The second kappa shape index (κ2) is 11.0. The van der Waals surface area contributed by atoms with E-state index in [2.05, 4.69) is 56.4 Å². The van der Waals surface area contributed by atoms with Crippen molar-refractivity contribution in [3.8, 4) is 0 Å². The number of hydrogen-bond donors (Lipinski definition) is 2. The zero-order valence-corrected chi connectivity index (χ0v) is 22.7. The molecular weight excluding hydrogens is 508 g/mol. The summed E-state index contributed by atoms with van der Waals surface area (Å²) in [6.07, 6.45) is 4.53. The first-order valence-electron chi connectivity index (χ1n) is 13.3. The van der Waals surface area contributed by atoms with Crippen LogP contribution in [0.3, 0.4) is 0 Å². The summed E-state index contributed by atoms with van der Waals surface area (Å²) < 4.78 is 0. The van der Waals surface area contributed by atoms with Crippen LogP contribution in [0.1, 0.15) is 5.56 Å². The average Bonchev–Trinajstić information content (AvgIpc) is 3.60. The monoisotopic (exact) mass is 538 g/mol. The number of likely N-dealkylation sites (N-methyl/N-ethyl adjacent to an activating group) is 1. The number of para-hydroxylation sites is 1. The van der Waals surface area contributed by atoms with Crippen molar-refractivity contribution in [1.82, 2.24) is 14.9 Å². The van der Waals surface area contributed by atoms with Crippen LogP contribution in [0.5, 0.6) is 0 Å². The van der Waals surface area contributed by atoms with Gasteiger partial charge in [-0.1, -0.05) is 35.9 Å². The summed E-state index contributed by atoms with van der Waals surface area (Å²) >= 11 is 6.61. The van der Waals surface area contributed by atoms with E-state index in [1.54, 1.807) is 6.20 Å². The van der Waals surface area contributed by atoms with E-state index in [0.717, 1.165) is 71.2 Å². The fraction of sp³-hybridized carbons (Fsp3) is 0.226. The summed E-state index contributed by atoms with van der Waals surface area (Å²) in [5.74, 6) is 0. The smallest absolute Gasteiger partial charge is 0.326 e. The lowest BCUT2D eigenvalue weighted by Crippen LogP contribution is -2.44. The summed E-state index contributed by atoms with van der Waals surface area (Å²) in [5, 5.41) is 6.09. The van der Waals surface area contributed by atoms with Gasteiger partial charge in [0.05, 0.1) is 21.9 Å². The van der Waals surface area contributed by atoms with Crippen LogP contribution in [-0.4, -0.2) is 60.7 Å². The fourth-order valence-electron chi connectivity index (χ4n) is 5.24. The number of H-pyrrole nitrogens is 1. The number of amides is 2. The van der Waals surface area contributed by atoms with Crippen molar-refractivity contribution >= 4 is 56.5 Å². The van der Waals surface area contributed by atoms with Gasteiger partial charge in [-0.15, -0.1) is 0 Å². The normalized spacial score (nSPS) is 15.2. The molecule has 2 aliphatic rings. The number of carbonyl (C=O) groups is 1. The number of carbonyl (C=O) groups excluding carboxylic acids is 1. The summed E-state index contributed by atoms with van der Waals surface area (Å²) in [5.41, 5.74) is 5.97. The molecule has 4 heterocycles. The standard InChI is InChI=1S/C23H24ClN5O.C8H7N/c1-27-9-11-28(12-10-27)22-15-21-17(14-19(22)24)6-8-29(21)23(30)26-18-4-5-20-16(13-18)3-2-7-25-20;1-2-4-8-7(3-1)5-6-9-8/h2-5,7,13-15H,6,8-12H2,1H3,(H,26,30);1-6,9H. The van der Waals surface area contributed by atoms with Gasteiger partial charge in [-0.25, -0.2) is 4.79 Å². The highest BCUT2D eigenvalue weighted by molar-refractivity contribution is 6.33. The third-order valence-corrected chi connectivity index (χ3v) is 7.75. The van der Waals surface area contributed by atoms with Gasteiger partial charge >= 0.3 is 6.03 Å². The molecule has 2 aliphatic heterocycles. The molecule has 8 heteroatoms. The topological polar surface area (TPSA) is 67.5 Å². The number of piperazine rings is 1. The minimum Gasteiger partial charge on any atom is -0.368 e. The minimum atomic E-state index is -0.122. The van der Waals surface area contributed by atoms with E-state index in [1.165, 1.54) is 10.9 Å². The average molecular weight is 539 g/mol. The van der Waals surface area contributed by atoms with E-state index in [4.69, 9.17) is 11.6 Å². The lowest BCUT2D eigenvalue weighted by atomic mass is 10.1. The third kappa shape index (κ3) is 5.41. The Labute approximate surface area is 233 Å². The van der Waals surface area contributed by atoms with Gasteiger partial charge in [-0.3, -0.25) is 9.88 Å². The lowest BCUT2D eigenvalue weighted by molar-refractivity contribution is 0.257. The van der Waals surface area contributed by atoms with Gasteiger partial charge in [0.1, 0.15) is 0 Å². The Kier molecular flexibility index (Phi) is 7.09. The molecule has 7 nitrogen and oxygen atoms in total. The SMILES string of the molecule is CN1CCN(c2cc3c(cc2Cl)CCN3C(=O)Nc2ccc3ncccc3c2)CC1.c1ccc2[nH]ccc2c1. The molecule has 5 aromatic rings. The molecule has 3 aromatic carbocycles. The van der Waals surface area contributed by atoms with Gasteiger partial charge in [0, 0.05) is 61.7 Å². The Morgan fingerprint density at radius 3 is 2.56 bits per heavy atom. The molecule has 0 radical (unpaired) electrons. The largest absolute Gasteiger partial charge is 0.368 e. The van der Waals surface area contributed by atoms with Gasteiger partial charge in [-0.05, 0) is 72.9 Å². The predicted molar refractivity (Wildman–Crippen MR) is 161 cm³/mol. The van der Waals surface area contributed by atoms with Crippen LogP contribution in [0, 0.1) is 0 Å². The van der Waals surface area contributed by atoms with Crippen molar-refractivity contribution in [3.05, 3.63) is 95.8 Å². The van der Waals surface area contributed by atoms with E-state index < -0.39 is 0 Å². The molecule has 0 spiro atoms. The van der Waals surface area contributed by atoms with Gasteiger partial charge in [0.2, 0.25) is 0 Å². The van der Waals surface area contributed by atoms with Gasteiger partial charge in [-0.2, -0.15) is 0 Å². The van der Waals surface area contributed by atoms with Crippen LogP contribution < -0.4 is 15.1 Å². The highest BCUT2D eigenvalue weighted by atomic mass is 35.5. The number of anilines is 3. The van der Waals surface area contributed by atoms with Crippen LogP contribution in [0.4, 0.5) is 21.9 Å². The fourth-order valence-corrected chi connectivity index (χ4v) is 5.54. The van der Waals surface area contributed by atoms with E-state index in [9.17, 15) is 4.79 Å². The predicted octanol–water partition coefficient (Wildman–Crippen LogP) is 6.40. The lowest BCUT2D eigenvalue weighted by Gasteiger charge is -2.35.